The molecule has 1 rings (SSSR count). The number of ether oxygens (including phenoxy) is 1. The van der Waals surface area contributed by atoms with Gasteiger partial charge in [0, 0.05) is 13.6 Å². The van der Waals surface area contributed by atoms with Crippen LogP contribution in [0.15, 0.2) is 24.3 Å². The van der Waals surface area contributed by atoms with E-state index < -0.39 is 18.4 Å². The number of aliphatic hydroxyl groups is 1. The Morgan fingerprint density at radius 3 is 2.30 bits per heavy atom. The Morgan fingerprint density at radius 1 is 1.26 bits per heavy atom. The summed E-state index contributed by atoms with van der Waals surface area (Å²) in [5.74, 6) is 0.108. The molecular formula is C15H21F3N2O3. The van der Waals surface area contributed by atoms with Crippen LogP contribution in [0.3, 0.4) is 0 Å². The molecule has 0 saturated carbocycles. The number of hydrogen-bond acceptors (Lipinski definition) is 3. The van der Waals surface area contributed by atoms with E-state index in [1.807, 2.05) is 0 Å². The number of alkyl halides is 3. The Kier molecular flexibility index (Phi) is 6.26. The van der Waals surface area contributed by atoms with Crippen LogP contribution in [0.4, 0.5) is 18.0 Å². The zero-order chi connectivity index (χ0) is 17.7. The molecule has 0 aliphatic carbocycles. The van der Waals surface area contributed by atoms with E-state index in [2.05, 4.69) is 10.1 Å². The largest absolute Gasteiger partial charge is 0.484 e. The molecule has 0 saturated heterocycles. The summed E-state index contributed by atoms with van der Waals surface area (Å²) in [5.41, 5.74) is -0.279. The first kappa shape index (κ1) is 19.1. The van der Waals surface area contributed by atoms with E-state index in [0.29, 0.717) is 0 Å². The van der Waals surface area contributed by atoms with E-state index in [1.165, 1.54) is 17.0 Å². The van der Waals surface area contributed by atoms with E-state index in [0.717, 1.165) is 5.56 Å². The number of rotatable bonds is 6. The van der Waals surface area contributed by atoms with Gasteiger partial charge in [-0.25, -0.2) is 4.79 Å². The number of urea groups is 1. The lowest BCUT2D eigenvalue weighted by molar-refractivity contribution is -0.153. The molecule has 0 fully saturated rings. The maximum absolute atomic E-state index is 12.0. The second-order valence-corrected chi connectivity index (χ2v) is 5.88. The molecule has 0 radical (unpaired) electrons. The molecule has 130 valence electrons. The standard InChI is InChI=1S/C15H21F3N2O3/c1-14(2,22)9-20(3)13(21)19-8-11-4-6-12(7-5-11)23-10-15(16,17)18/h4-7,22H,8-10H2,1-3H3,(H,19,21). The topological polar surface area (TPSA) is 61.8 Å². The van der Waals surface area contributed by atoms with Crippen molar-refractivity contribution in [3.05, 3.63) is 29.8 Å². The Labute approximate surface area is 133 Å². The smallest absolute Gasteiger partial charge is 0.422 e. The van der Waals surface area contributed by atoms with Crippen molar-refractivity contribution in [3.63, 3.8) is 0 Å². The van der Waals surface area contributed by atoms with Crippen LogP contribution >= 0.6 is 0 Å². The lowest BCUT2D eigenvalue weighted by atomic mass is 10.1. The molecule has 0 spiro atoms. The molecular weight excluding hydrogens is 313 g/mol. The van der Waals surface area contributed by atoms with Crippen LogP contribution in [0.2, 0.25) is 0 Å². The number of nitrogens with zero attached hydrogens (tertiary/aromatic N) is 1. The van der Waals surface area contributed by atoms with E-state index >= 15 is 0 Å². The van der Waals surface area contributed by atoms with Crippen molar-refractivity contribution in [2.75, 3.05) is 20.2 Å². The Balaban J connectivity index is 2.45. The summed E-state index contributed by atoms with van der Waals surface area (Å²) in [7, 11) is 1.56. The molecule has 0 aromatic heterocycles. The average molecular weight is 334 g/mol. The van der Waals surface area contributed by atoms with Crippen LogP contribution in [0, 0.1) is 0 Å². The molecule has 0 atom stereocenters. The van der Waals surface area contributed by atoms with Crippen molar-refractivity contribution in [1.82, 2.24) is 10.2 Å². The second kappa shape index (κ2) is 7.54. The van der Waals surface area contributed by atoms with Crippen molar-refractivity contribution in [3.8, 4) is 5.75 Å². The van der Waals surface area contributed by atoms with Crippen LogP contribution in [0.5, 0.6) is 5.75 Å². The summed E-state index contributed by atoms with van der Waals surface area (Å²) in [4.78, 5) is 13.2. The maximum atomic E-state index is 12.0. The molecule has 23 heavy (non-hydrogen) atoms. The highest BCUT2D eigenvalue weighted by molar-refractivity contribution is 5.73. The van der Waals surface area contributed by atoms with Gasteiger partial charge in [0.15, 0.2) is 6.61 Å². The fourth-order valence-corrected chi connectivity index (χ4v) is 1.83. The van der Waals surface area contributed by atoms with Crippen molar-refractivity contribution in [2.24, 2.45) is 0 Å². The second-order valence-electron chi connectivity index (χ2n) is 5.88. The molecule has 8 heteroatoms. The summed E-state index contributed by atoms with van der Waals surface area (Å²) >= 11 is 0. The van der Waals surface area contributed by atoms with Crippen molar-refractivity contribution in [2.45, 2.75) is 32.2 Å². The Bertz CT molecular complexity index is 510. The number of hydrogen-bond donors (Lipinski definition) is 2. The van der Waals surface area contributed by atoms with Gasteiger partial charge in [0.25, 0.3) is 0 Å². The highest BCUT2D eigenvalue weighted by Gasteiger charge is 2.28. The third-order valence-electron chi connectivity index (χ3n) is 2.74. The van der Waals surface area contributed by atoms with Crippen LogP contribution in [-0.2, 0) is 6.54 Å². The third-order valence-corrected chi connectivity index (χ3v) is 2.74. The lowest BCUT2D eigenvalue weighted by Gasteiger charge is -2.25. The minimum atomic E-state index is -4.38. The average Bonchev–Trinajstić information content (AvgIpc) is 2.41. The number of amides is 2. The fraction of sp³-hybridized carbons (Fsp3) is 0.533. The first-order chi connectivity index (χ1) is 10.5. The molecule has 0 unspecified atom stereocenters. The normalized spacial score (nSPS) is 12.0. The third kappa shape index (κ3) is 8.29. The zero-order valence-corrected chi connectivity index (χ0v) is 13.3. The van der Waals surface area contributed by atoms with E-state index in [1.54, 1.807) is 33.0 Å². The summed E-state index contributed by atoms with van der Waals surface area (Å²) < 4.78 is 40.7. The van der Waals surface area contributed by atoms with Gasteiger partial charge in [-0.05, 0) is 31.5 Å². The highest BCUT2D eigenvalue weighted by atomic mass is 19.4. The van der Waals surface area contributed by atoms with E-state index in [9.17, 15) is 23.1 Å². The SMILES string of the molecule is CN(CC(C)(C)O)C(=O)NCc1ccc(OCC(F)(F)F)cc1. The number of nitrogens with one attached hydrogen (secondary N) is 1. The number of likely N-dealkylation sites (N-methyl/N-ethyl adjacent to an activating group) is 1. The zero-order valence-electron chi connectivity index (χ0n) is 13.3. The van der Waals surface area contributed by atoms with Crippen LogP contribution < -0.4 is 10.1 Å². The van der Waals surface area contributed by atoms with E-state index in [-0.39, 0.29) is 24.9 Å². The predicted octanol–water partition coefficient (Wildman–Crippen LogP) is 2.54. The predicted molar refractivity (Wildman–Crippen MR) is 79.2 cm³/mol. The van der Waals surface area contributed by atoms with Crippen LogP contribution in [0.25, 0.3) is 0 Å². The fourth-order valence-electron chi connectivity index (χ4n) is 1.83. The Hall–Kier alpha value is -1.96. The minimum absolute atomic E-state index is 0.108. The van der Waals surface area contributed by atoms with Gasteiger partial charge < -0.3 is 20.1 Å². The highest BCUT2D eigenvalue weighted by Crippen LogP contribution is 2.18. The molecule has 2 amide bonds. The molecule has 1 aromatic carbocycles. The first-order valence-corrected chi connectivity index (χ1v) is 6.96. The number of halogens is 3. The van der Waals surface area contributed by atoms with Crippen molar-refractivity contribution < 1.29 is 27.8 Å². The van der Waals surface area contributed by atoms with Crippen LogP contribution in [0.1, 0.15) is 19.4 Å². The molecule has 2 N–H and O–H groups in total. The van der Waals surface area contributed by atoms with Crippen LogP contribution in [-0.4, -0.2) is 48.0 Å². The molecule has 0 bridgehead atoms. The Morgan fingerprint density at radius 2 is 1.83 bits per heavy atom. The minimum Gasteiger partial charge on any atom is -0.484 e. The van der Waals surface area contributed by atoms with Gasteiger partial charge in [0.1, 0.15) is 5.75 Å². The molecule has 0 heterocycles. The van der Waals surface area contributed by atoms with Gasteiger partial charge in [-0.1, -0.05) is 12.1 Å². The van der Waals surface area contributed by atoms with Gasteiger partial charge in [0.05, 0.1) is 12.1 Å². The molecule has 0 aliphatic rings. The summed E-state index contributed by atoms with van der Waals surface area (Å²) in [6.45, 7) is 2.23. The first-order valence-electron chi connectivity index (χ1n) is 6.96. The van der Waals surface area contributed by atoms with Gasteiger partial charge >= 0.3 is 12.2 Å². The monoisotopic (exact) mass is 334 g/mol. The van der Waals surface area contributed by atoms with Gasteiger partial charge in [0.2, 0.25) is 0 Å². The van der Waals surface area contributed by atoms with E-state index in [4.69, 9.17) is 0 Å². The van der Waals surface area contributed by atoms with Gasteiger partial charge in [-0.3, -0.25) is 0 Å². The van der Waals surface area contributed by atoms with Crippen molar-refractivity contribution >= 4 is 6.03 Å². The van der Waals surface area contributed by atoms with Gasteiger partial charge in [-0.2, -0.15) is 13.2 Å². The molecule has 5 nitrogen and oxygen atoms in total. The van der Waals surface area contributed by atoms with Gasteiger partial charge in [-0.15, -0.1) is 0 Å². The number of carbonyl (C=O) groups is 1. The number of carbonyl (C=O) groups excluding carboxylic acids is 1. The van der Waals surface area contributed by atoms with Crippen molar-refractivity contribution in [1.29, 1.82) is 0 Å². The number of benzene rings is 1. The summed E-state index contributed by atoms with van der Waals surface area (Å²) in [6.07, 6.45) is -4.38. The maximum Gasteiger partial charge on any atom is 0.422 e. The molecule has 1 aromatic rings. The quantitative estimate of drug-likeness (QED) is 0.840. The summed E-state index contributed by atoms with van der Waals surface area (Å²) in [5, 5.41) is 12.3. The molecule has 0 aliphatic heterocycles. The summed E-state index contributed by atoms with van der Waals surface area (Å²) in [6, 6.07) is 5.61. The lowest BCUT2D eigenvalue weighted by Crippen LogP contribution is -2.44.